The number of hydrogen-bond donors (Lipinski definition) is 1. The van der Waals surface area contributed by atoms with Gasteiger partial charge in [-0.3, -0.25) is 4.98 Å². The van der Waals surface area contributed by atoms with Crippen LogP contribution in [-0.4, -0.2) is 26.1 Å². The largest absolute Gasteiger partial charge is 0.352 e. The Bertz CT molecular complexity index is 1100. The minimum absolute atomic E-state index is 0.0278. The van der Waals surface area contributed by atoms with Crippen LogP contribution in [0.3, 0.4) is 0 Å². The number of benzene rings is 1. The van der Waals surface area contributed by atoms with Crippen molar-refractivity contribution in [3.05, 3.63) is 82.4 Å². The van der Waals surface area contributed by atoms with Gasteiger partial charge in [-0.15, -0.1) is 0 Å². The number of aryl methyl sites for hydroxylation is 2. The third kappa shape index (κ3) is 3.87. The average Bonchev–Trinajstić information content (AvgIpc) is 3.20. The van der Waals surface area contributed by atoms with E-state index in [2.05, 4.69) is 97.7 Å². The number of nitrogens with one attached hydrogen (secondary N) is 1. The molecule has 1 aliphatic heterocycles. The first-order valence-corrected chi connectivity index (χ1v) is 11.4. The van der Waals surface area contributed by atoms with Crippen LogP contribution in [0.25, 0.3) is 5.69 Å². The van der Waals surface area contributed by atoms with Gasteiger partial charge in [-0.2, -0.15) is 0 Å². The van der Waals surface area contributed by atoms with Crippen LogP contribution in [0.2, 0.25) is 0 Å². The number of rotatable bonds is 5. The summed E-state index contributed by atoms with van der Waals surface area (Å²) in [4.78, 5) is 7.03. The molecule has 5 heteroatoms. The molecule has 3 aromatic rings. The van der Waals surface area contributed by atoms with E-state index < -0.39 is 0 Å². The van der Waals surface area contributed by atoms with Crippen LogP contribution in [0.1, 0.15) is 59.7 Å². The Kier molecular flexibility index (Phi) is 5.89. The summed E-state index contributed by atoms with van der Waals surface area (Å²) in [6.45, 7) is 14.2. The fourth-order valence-electron chi connectivity index (χ4n) is 4.77. The highest BCUT2D eigenvalue weighted by Crippen LogP contribution is 2.42. The number of nitrogens with zero attached hydrogens (tertiary/aromatic N) is 3. The first-order valence-electron chi connectivity index (χ1n) is 11.0. The molecular formula is C26H32N4S. The van der Waals surface area contributed by atoms with Crippen LogP contribution in [0, 0.1) is 33.6 Å². The Hall–Kier alpha value is -2.66. The van der Waals surface area contributed by atoms with Crippen LogP contribution in [0.4, 0.5) is 0 Å². The quantitative estimate of drug-likeness (QED) is 0.522. The summed E-state index contributed by atoms with van der Waals surface area (Å²) >= 11 is 5.81. The molecule has 2 aromatic heterocycles. The summed E-state index contributed by atoms with van der Waals surface area (Å²) in [5.74, 6) is 0.507. The van der Waals surface area contributed by atoms with Gasteiger partial charge in [0.05, 0.1) is 17.8 Å². The second-order valence-electron chi connectivity index (χ2n) is 9.05. The van der Waals surface area contributed by atoms with Gasteiger partial charge in [0.15, 0.2) is 5.11 Å². The molecule has 4 rings (SSSR count). The van der Waals surface area contributed by atoms with E-state index >= 15 is 0 Å². The topological polar surface area (TPSA) is 33.1 Å². The normalized spacial score (nSPS) is 18.7. The summed E-state index contributed by atoms with van der Waals surface area (Å²) in [7, 11) is 0. The predicted molar refractivity (Wildman–Crippen MR) is 132 cm³/mol. The molecule has 1 aliphatic rings. The van der Waals surface area contributed by atoms with E-state index in [0.29, 0.717) is 5.92 Å². The van der Waals surface area contributed by atoms with Crippen molar-refractivity contribution in [2.45, 2.75) is 53.6 Å². The molecule has 0 aliphatic carbocycles. The van der Waals surface area contributed by atoms with Crippen molar-refractivity contribution in [1.82, 2.24) is 19.8 Å². The Morgan fingerprint density at radius 1 is 1.06 bits per heavy atom. The molecule has 1 fully saturated rings. The van der Waals surface area contributed by atoms with Crippen molar-refractivity contribution >= 4 is 17.3 Å². The molecule has 1 saturated heterocycles. The fraction of sp³-hybridized carbons (Fsp3) is 0.385. The van der Waals surface area contributed by atoms with Crippen LogP contribution in [0.15, 0.2) is 48.7 Å². The first kappa shape index (κ1) is 21.6. The van der Waals surface area contributed by atoms with Gasteiger partial charge in [0, 0.05) is 29.8 Å². The van der Waals surface area contributed by atoms with E-state index in [1.54, 1.807) is 0 Å². The van der Waals surface area contributed by atoms with E-state index in [-0.39, 0.29) is 12.1 Å². The van der Waals surface area contributed by atoms with E-state index in [9.17, 15) is 0 Å². The maximum Gasteiger partial charge on any atom is 0.170 e. The second kappa shape index (κ2) is 8.46. The number of hydrogen-bond acceptors (Lipinski definition) is 2. The standard InChI is InChI=1S/C26H32N4S/c1-16(2)15-29-25(24(28-26(29)31)22-11-7-8-13-27-22)21-14-18(4)30(20(21)6)23-12-9-10-17(3)19(23)5/h7-14,16,24-25H,15H2,1-6H3,(H,28,31)/t24-,25+/m1/s1. The highest BCUT2D eigenvalue weighted by molar-refractivity contribution is 7.80. The molecule has 4 nitrogen and oxygen atoms in total. The third-order valence-corrected chi connectivity index (χ3v) is 6.72. The molecule has 2 atom stereocenters. The zero-order valence-electron chi connectivity index (χ0n) is 19.3. The molecule has 0 radical (unpaired) electrons. The number of pyridine rings is 1. The van der Waals surface area contributed by atoms with Crippen molar-refractivity contribution in [3.63, 3.8) is 0 Å². The molecule has 0 spiro atoms. The van der Waals surface area contributed by atoms with E-state index in [1.807, 2.05) is 12.3 Å². The van der Waals surface area contributed by atoms with Crippen molar-refractivity contribution in [1.29, 1.82) is 0 Å². The maximum atomic E-state index is 5.81. The van der Waals surface area contributed by atoms with Crippen molar-refractivity contribution < 1.29 is 0 Å². The lowest BCUT2D eigenvalue weighted by atomic mass is 9.96. The zero-order chi connectivity index (χ0) is 22.3. The fourth-order valence-corrected chi connectivity index (χ4v) is 5.08. The molecule has 1 N–H and O–H groups in total. The number of aromatic nitrogens is 2. The van der Waals surface area contributed by atoms with Crippen molar-refractivity contribution in [3.8, 4) is 5.69 Å². The summed E-state index contributed by atoms with van der Waals surface area (Å²) in [6, 6.07) is 15.1. The van der Waals surface area contributed by atoms with Gasteiger partial charge in [-0.1, -0.05) is 32.0 Å². The molecule has 0 unspecified atom stereocenters. The Morgan fingerprint density at radius 3 is 2.52 bits per heavy atom. The Labute approximate surface area is 191 Å². The molecule has 31 heavy (non-hydrogen) atoms. The van der Waals surface area contributed by atoms with Crippen LogP contribution < -0.4 is 5.32 Å². The molecule has 3 heterocycles. The lowest BCUT2D eigenvalue weighted by molar-refractivity contribution is 0.287. The third-order valence-electron chi connectivity index (χ3n) is 6.37. The van der Waals surface area contributed by atoms with Gasteiger partial charge in [-0.25, -0.2) is 0 Å². The van der Waals surface area contributed by atoms with Crippen LogP contribution in [-0.2, 0) is 0 Å². The van der Waals surface area contributed by atoms with Gasteiger partial charge in [0.2, 0.25) is 0 Å². The summed E-state index contributed by atoms with van der Waals surface area (Å²) in [5.41, 5.74) is 8.71. The lowest BCUT2D eigenvalue weighted by Crippen LogP contribution is -2.33. The number of thiocarbonyl (C=S) groups is 1. The smallest absolute Gasteiger partial charge is 0.170 e. The van der Waals surface area contributed by atoms with Gasteiger partial charge in [0.25, 0.3) is 0 Å². The minimum atomic E-state index is 0.0278. The highest BCUT2D eigenvalue weighted by Gasteiger charge is 2.41. The summed E-state index contributed by atoms with van der Waals surface area (Å²) in [5, 5.41) is 4.39. The van der Waals surface area contributed by atoms with Gasteiger partial charge < -0.3 is 14.8 Å². The first-order chi connectivity index (χ1) is 14.8. The molecular weight excluding hydrogens is 400 g/mol. The second-order valence-corrected chi connectivity index (χ2v) is 9.44. The Morgan fingerprint density at radius 2 is 1.84 bits per heavy atom. The van der Waals surface area contributed by atoms with E-state index in [1.165, 1.54) is 33.8 Å². The summed E-state index contributed by atoms with van der Waals surface area (Å²) < 4.78 is 2.39. The van der Waals surface area contributed by atoms with Gasteiger partial charge in [-0.05, 0) is 86.8 Å². The zero-order valence-corrected chi connectivity index (χ0v) is 20.1. The van der Waals surface area contributed by atoms with Crippen molar-refractivity contribution in [2.75, 3.05) is 6.54 Å². The average molecular weight is 433 g/mol. The Balaban J connectivity index is 1.86. The minimum Gasteiger partial charge on any atom is -0.352 e. The highest BCUT2D eigenvalue weighted by atomic mass is 32.1. The summed E-state index contributed by atoms with van der Waals surface area (Å²) in [6.07, 6.45) is 1.86. The maximum absolute atomic E-state index is 5.81. The molecule has 162 valence electrons. The molecule has 0 saturated carbocycles. The molecule has 0 bridgehead atoms. The van der Waals surface area contributed by atoms with Gasteiger partial charge in [0.1, 0.15) is 0 Å². The van der Waals surface area contributed by atoms with E-state index in [4.69, 9.17) is 12.2 Å². The van der Waals surface area contributed by atoms with E-state index in [0.717, 1.165) is 17.4 Å². The lowest BCUT2D eigenvalue weighted by Gasteiger charge is -2.29. The monoisotopic (exact) mass is 432 g/mol. The molecule has 0 amide bonds. The van der Waals surface area contributed by atoms with Crippen molar-refractivity contribution in [2.24, 2.45) is 5.92 Å². The molecule has 1 aromatic carbocycles. The predicted octanol–water partition coefficient (Wildman–Crippen LogP) is 5.73. The van der Waals surface area contributed by atoms with Gasteiger partial charge >= 0.3 is 0 Å². The van der Waals surface area contributed by atoms with Crippen LogP contribution >= 0.6 is 12.2 Å². The SMILES string of the molecule is Cc1cccc(-n2c(C)cc([C@H]3[C@@H](c4ccccn4)NC(=S)N3CC(C)C)c2C)c1C. The van der Waals surface area contributed by atoms with Crippen LogP contribution in [0.5, 0.6) is 0 Å².